The van der Waals surface area contributed by atoms with E-state index in [1.165, 1.54) is 19.3 Å². The summed E-state index contributed by atoms with van der Waals surface area (Å²) in [5.74, 6) is 0.794. The van der Waals surface area contributed by atoms with E-state index in [4.69, 9.17) is 14.9 Å². The highest BCUT2D eigenvalue weighted by atomic mass is 28.4. The Hall–Kier alpha value is -1.28. The number of alkyl carbamates (subject to hydrolysis) is 1. The Bertz CT molecular complexity index is 649. The van der Waals surface area contributed by atoms with Crippen LogP contribution in [0.15, 0.2) is 0 Å². The molecule has 3 N–H and O–H groups in total. The van der Waals surface area contributed by atoms with Gasteiger partial charge in [0.05, 0.1) is 12.1 Å². The monoisotopic (exact) mass is 499 g/mol. The zero-order chi connectivity index (χ0) is 26.3. The molecule has 3 amide bonds. The smallest absolute Gasteiger partial charge is 0.407 e. The summed E-state index contributed by atoms with van der Waals surface area (Å²) in [4.78, 5) is 26.9. The van der Waals surface area contributed by atoms with Gasteiger partial charge in [-0.05, 0) is 57.2 Å². The molecule has 0 aromatic rings. The molecular formula is C26H53N3O4Si. The Morgan fingerprint density at radius 2 is 1.59 bits per heavy atom. The van der Waals surface area contributed by atoms with Crippen LogP contribution in [-0.4, -0.2) is 56.2 Å². The molecule has 1 aliphatic rings. The molecule has 2 atom stereocenters. The predicted molar refractivity (Wildman–Crippen MR) is 142 cm³/mol. The van der Waals surface area contributed by atoms with Crippen molar-refractivity contribution in [2.24, 2.45) is 17.6 Å². The first kappa shape index (κ1) is 30.7. The van der Waals surface area contributed by atoms with Gasteiger partial charge in [0, 0.05) is 13.1 Å². The van der Waals surface area contributed by atoms with Gasteiger partial charge < -0.3 is 25.1 Å². The highest BCUT2D eigenvalue weighted by molar-refractivity contribution is 6.74. The molecular weight excluding hydrogens is 446 g/mol. The molecule has 0 heterocycles. The molecule has 0 aromatic carbocycles. The van der Waals surface area contributed by atoms with Gasteiger partial charge in [0.2, 0.25) is 0 Å². The second-order valence-electron chi connectivity index (χ2n) is 13.0. The van der Waals surface area contributed by atoms with Crippen LogP contribution < -0.4 is 11.1 Å². The van der Waals surface area contributed by atoms with E-state index in [9.17, 15) is 9.59 Å². The van der Waals surface area contributed by atoms with Gasteiger partial charge in [-0.2, -0.15) is 0 Å². The van der Waals surface area contributed by atoms with Crippen LogP contribution in [0.1, 0.15) is 93.9 Å². The summed E-state index contributed by atoms with van der Waals surface area (Å²) in [5, 5.41) is 3.14. The standard InChI is InChI=1S/C26H53N3O4Si/c1-19(2)17-29(23(27)30)18-22(33-34(9,10)26(6,7)8)21(16-20-14-12-11-13-15-20)28-24(31)32-25(3,4)5/h19-22H,11-18H2,1-10H3,(H2,27,30)(H,28,31)/t21-,22+/m0/s1. The number of hydrogen-bond acceptors (Lipinski definition) is 4. The van der Waals surface area contributed by atoms with Gasteiger partial charge >= 0.3 is 12.1 Å². The second-order valence-corrected chi connectivity index (χ2v) is 17.8. The molecule has 1 fully saturated rings. The first-order chi connectivity index (χ1) is 15.4. The van der Waals surface area contributed by atoms with E-state index < -0.39 is 26.0 Å². The lowest BCUT2D eigenvalue weighted by Gasteiger charge is -2.43. The lowest BCUT2D eigenvalue weighted by atomic mass is 9.83. The number of ether oxygens (including phenoxy) is 1. The molecule has 7 nitrogen and oxygen atoms in total. The van der Waals surface area contributed by atoms with Crippen molar-refractivity contribution in [3.63, 3.8) is 0 Å². The Morgan fingerprint density at radius 1 is 1.03 bits per heavy atom. The number of amides is 3. The maximum absolute atomic E-state index is 12.9. The minimum atomic E-state index is -2.21. The highest BCUT2D eigenvalue weighted by Crippen LogP contribution is 2.38. The quantitative estimate of drug-likeness (QED) is 0.346. The van der Waals surface area contributed by atoms with Crippen molar-refractivity contribution in [3.05, 3.63) is 0 Å². The Morgan fingerprint density at radius 3 is 2.03 bits per heavy atom. The van der Waals surface area contributed by atoms with Gasteiger partial charge in [-0.15, -0.1) is 0 Å². The normalized spacial score (nSPS) is 17.9. The number of hydrogen-bond donors (Lipinski definition) is 2. The first-order valence-corrected chi connectivity index (χ1v) is 16.0. The van der Waals surface area contributed by atoms with Crippen LogP contribution in [-0.2, 0) is 9.16 Å². The average molecular weight is 500 g/mol. The maximum atomic E-state index is 12.9. The van der Waals surface area contributed by atoms with Crippen LogP contribution in [0, 0.1) is 11.8 Å². The third kappa shape index (κ3) is 11.0. The third-order valence-electron chi connectivity index (χ3n) is 7.01. The van der Waals surface area contributed by atoms with Crippen molar-refractivity contribution < 1.29 is 18.8 Å². The summed E-state index contributed by atoms with van der Waals surface area (Å²) in [6.07, 6.45) is 6.04. The fraction of sp³-hybridized carbons (Fsp3) is 0.923. The molecule has 8 heteroatoms. The lowest BCUT2D eigenvalue weighted by molar-refractivity contribution is 0.0366. The Labute approximate surface area is 210 Å². The molecule has 0 spiro atoms. The second kappa shape index (κ2) is 12.6. The average Bonchev–Trinajstić information content (AvgIpc) is 2.64. The van der Waals surface area contributed by atoms with Gasteiger partial charge in [-0.25, -0.2) is 9.59 Å². The number of nitrogens with one attached hydrogen (secondary N) is 1. The molecule has 0 unspecified atom stereocenters. The van der Waals surface area contributed by atoms with Crippen LogP contribution in [0.5, 0.6) is 0 Å². The summed E-state index contributed by atoms with van der Waals surface area (Å²) >= 11 is 0. The molecule has 34 heavy (non-hydrogen) atoms. The summed E-state index contributed by atoms with van der Waals surface area (Å²) in [7, 11) is -2.21. The molecule has 0 aliphatic heterocycles. The van der Waals surface area contributed by atoms with Crippen LogP contribution in [0.2, 0.25) is 18.1 Å². The maximum Gasteiger partial charge on any atom is 0.407 e. The third-order valence-corrected chi connectivity index (χ3v) is 11.5. The van der Waals surface area contributed by atoms with E-state index in [2.05, 4.69) is 53.0 Å². The van der Waals surface area contributed by atoms with Gasteiger partial charge in [0.25, 0.3) is 0 Å². The fourth-order valence-electron chi connectivity index (χ4n) is 4.26. The molecule has 200 valence electrons. The van der Waals surface area contributed by atoms with E-state index in [1.807, 2.05) is 20.8 Å². The van der Waals surface area contributed by atoms with E-state index >= 15 is 0 Å². The molecule has 1 rings (SSSR count). The van der Waals surface area contributed by atoms with Crippen LogP contribution in [0.25, 0.3) is 0 Å². The van der Waals surface area contributed by atoms with E-state index in [1.54, 1.807) is 4.90 Å². The molecule has 0 bridgehead atoms. The molecule has 0 aromatic heterocycles. The largest absolute Gasteiger partial charge is 0.444 e. The number of rotatable bonds is 10. The Balaban J connectivity index is 3.31. The summed E-state index contributed by atoms with van der Waals surface area (Å²) in [6, 6.07) is -0.715. The SMILES string of the molecule is CC(C)CN(C[C@@H](O[Si](C)(C)C(C)(C)C)[C@H](CC1CCCCC1)NC(=O)OC(C)(C)C)C(N)=O. The van der Waals surface area contributed by atoms with Crippen molar-refractivity contribution in [3.8, 4) is 0 Å². The summed E-state index contributed by atoms with van der Waals surface area (Å²) < 4.78 is 12.5. The van der Waals surface area contributed by atoms with Crippen molar-refractivity contribution in [1.82, 2.24) is 10.2 Å². The number of primary amides is 1. The molecule has 0 radical (unpaired) electrons. The summed E-state index contributed by atoms with van der Waals surface area (Å²) in [6.45, 7) is 21.7. The van der Waals surface area contributed by atoms with Crippen molar-refractivity contribution in [1.29, 1.82) is 0 Å². The number of nitrogens with zero attached hydrogens (tertiary/aromatic N) is 1. The molecule has 1 aliphatic carbocycles. The Kier molecular flexibility index (Phi) is 11.4. The summed E-state index contributed by atoms with van der Waals surface area (Å²) in [5.41, 5.74) is 5.19. The van der Waals surface area contributed by atoms with Crippen molar-refractivity contribution >= 4 is 20.4 Å². The first-order valence-electron chi connectivity index (χ1n) is 13.1. The zero-order valence-corrected chi connectivity index (χ0v) is 24.6. The van der Waals surface area contributed by atoms with E-state index in [0.717, 1.165) is 19.3 Å². The van der Waals surface area contributed by atoms with Gasteiger partial charge in [0.15, 0.2) is 8.32 Å². The topological polar surface area (TPSA) is 93.9 Å². The van der Waals surface area contributed by atoms with Gasteiger partial charge in [0.1, 0.15) is 5.60 Å². The van der Waals surface area contributed by atoms with E-state index in [0.29, 0.717) is 19.0 Å². The van der Waals surface area contributed by atoms with Crippen molar-refractivity contribution in [2.45, 2.75) is 130 Å². The number of carbonyl (C=O) groups excluding carboxylic acids is 2. The fourth-order valence-corrected chi connectivity index (χ4v) is 5.61. The van der Waals surface area contributed by atoms with Crippen LogP contribution in [0.3, 0.4) is 0 Å². The number of urea groups is 1. The minimum absolute atomic E-state index is 0.0117. The lowest BCUT2D eigenvalue weighted by Crippen LogP contribution is -2.57. The number of nitrogens with two attached hydrogens (primary N) is 1. The highest BCUT2D eigenvalue weighted by Gasteiger charge is 2.42. The molecule has 0 saturated heterocycles. The predicted octanol–water partition coefficient (Wildman–Crippen LogP) is 6.28. The molecule has 1 saturated carbocycles. The van der Waals surface area contributed by atoms with Gasteiger partial charge in [-0.3, -0.25) is 0 Å². The van der Waals surface area contributed by atoms with Gasteiger partial charge in [-0.1, -0.05) is 66.7 Å². The van der Waals surface area contributed by atoms with E-state index in [-0.39, 0.29) is 23.1 Å². The zero-order valence-electron chi connectivity index (χ0n) is 23.6. The van der Waals surface area contributed by atoms with Crippen molar-refractivity contribution in [2.75, 3.05) is 13.1 Å². The number of carbonyl (C=O) groups is 2. The van der Waals surface area contributed by atoms with Crippen LogP contribution >= 0.6 is 0 Å². The minimum Gasteiger partial charge on any atom is -0.444 e. The van der Waals surface area contributed by atoms with Crippen LogP contribution in [0.4, 0.5) is 9.59 Å².